The number of piperidine rings is 1. The molecule has 1 fully saturated rings. The van der Waals surface area contributed by atoms with Crippen LogP contribution in [-0.4, -0.2) is 64.4 Å². The van der Waals surface area contributed by atoms with Crippen LogP contribution in [0.1, 0.15) is 43.9 Å². The molecule has 2 aromatic rings. The largest absolute Gasteiger partial charge is 0.466 e. The predicted molar refractivity (Wildman–Crippen MR) is 119 cm³/mol. The first-order valence-electron chi connectivity index (χ1n) is 10.7. The van der Waals surface area contributed by atoms with Gasteiger partial charge in [-0.1, -0.05) is 11.3 Å². The zero-order valence-corrected chi connectivity index (χ0v) is 20.1. The second kappa shape index (κ2) is 10.4. The summed E-state index contributed by atoms with van der Waals surface area (Å²) in [5.41, 5.74) is -0.672. The maximum Gasteiger partial charge on any atom is 0.410 e. The quantitative estimate of drug-likeness (QED) is 0.632. The number of rotatable bonds is 5. The van der Waals surface area contributed by atoms with Gasteiger partial charge in [0.2, 0.25) is 5.01 Å². The van der Waals surface area contributed by atoms with E-state index in [4.69, 9.17) is 9.47 Å². The highest BCUT2D eigenvalue weighted by atomic mass is 32.1. The summed E-state index contributed by atoms with van der Waals surface area (Å²) in [6, 6.07) is 2.40. The molecule has 0 spiro atoms. The summed E-state index contributed by atoms with van der Waals surface area (Å²) in [4.78, 5) is 39.3. The monoisotopic (exact) mass is 496 g/mol. The number of aromatic nitrogens is 2. The first kappa shape index (κ1) is 25.5. The molecule has 1 aromatic heterocycles. The van der Waals surface area contributed by atoms with E-state index in [1.54, 1.807) is 27.7 Å². The molecule has 0 radical (unpaired) electrons. The molecule has 12 heteroatoms. The van der Waals surface area contributed by atoms with Gasteiger partial charge in [-0.3, -0.25) is 9.59 Å². The highest BCUT2D eigenvalue weighted by Gasteiger charge is 2.39. The van der Waals surface area contributed by atoms with Gasteiger partial charge in [-0.2, -0.15) is 0 Å². The Hall–Kier alpha value is -3.15. The third-order valence-electron chi connectivity index (χ3n) is 4.95. The van der Waals surface area contributed by atoms with Crippen LogP contribution in [0.15, 0.2) is 18.2 Å². The molecule has 1 aliphatic heterocycles. The minimum absolute atomic E-state index is 0.0147. The number of hydrogen-bond acceptors (Lipinski definition) is 8. The number of esters is 1. The van der Waals surface area contributed by atoms with Crippen molar-refractivity contribution in [3.63, 3.8) is 0 Å². The third kappa shape index (κ3) is 6.25. The van der Waals surface area contributed by atoms with Crippen molar-refractivity contribution in [2.45, 2.75) is 45.8 Å². The molecule has 34 heavy (non-hydrogen) atoms. The number of benzene rings is 1. The fraction of sp³-hybridized carbons (Fsp3) is 0.500. The SMILES string of the molecule is CCOC(=O)[C@H]1CN(C(=O)OC(C)(C)C)CC[C@@H]1NC(=O)c1nnc(-c2ccc(F)cc2F)s1. The highest BCUT2D eigenvalue weighted by molar-refractivity contribution is 7.16. The molecule has 1 aliphatic rings. The Kier molecular flexibility index (Phi) is 7.80. The standard InChI is InChI=1S/C22H26F2N4O5S/c1-5-32-20(30)14-11-28(21(31)33-22(2,3)4)9-8-16(14)25-17(29)19-27-26-18(34-19)13-7-6-12(23)10-15(13)24/h6-7,10,14,16H,5,8-9,11H2,1-4H3,(H,25,29)/t14-,16-/m0/s1. The lowest BCUT2D eigenvalue weighted by Crippen LogP contribution is -2.55. The van der Waals surface area contributed by atoms with Crippen LogP contribution in [0.3, 0.4) is 0 Å². The van der Waals surface area contributed by atoms with E-state index in [1.807, 2.05) is 0 Å². The van der Waals surface area contributed by atoms with E-state index in [0.717, 1.165) is 23.5 Å². The Morgan fingerprint density at radius 2 is 1.97 bits per heavy atom. The maximum absolute atomic E-state index is 14.0. The number of hydrogen-bond donors (Lipinski definition) is 1. The van der Waals surface area contributed by atoms with Crippen molar-refractivity contribution in [3.8, 4) is 10.6 Å². The molecule has 0 saturated carbocycles. The third-order valence-corrected chi connectivity index (χ3v) is 5.91. The van der Waals surface area contributed by atoms with Gasteiger partial charge in [0.25, 0.3) is 5.91 Å². The van der Waals surface area contributed by atoms with Gasteiger partial charge in [-0.05, 0) is 46.2 Å². The van der Waals surface area contributed by atoms with Crippen molar-refractivity contribution in [1.29, 1.82) is 0 Å². The minimum atomic E-state index is -0.819. The first-order valence-corrected chi connectivity index (χ1v) is 11.5. The van der Waals surface area contributed by atoms with E-state index in [0.29, 0.717) is 0 Å². The maximum atomic E-state index is 14.0. The van der Waals surface area contributed by atoms with E-state index >= 15 is 0 Å². The number of nitrogens with one attached hydrogen (secondary N) is 1. The average Bonchev–Trinajstić information content (AvgIpc) is 3.23. The van der Waals surface area contributed by atoms with Crippen molar-refractivity contribution in [2.24, 2.45) is 5.92 Å². The van der Waals surface area contributed by atoms with E-state index in [1.165, 1.54) is 11.0 Å². The lowest BCUT2D eigenvalue weighted by Gasteiger charge is -2.37. The summed E-state index contributed by atoms with van der Waals surface area (Å²) in [6.45, 7) is 7.32. The normalized spacial score (nSPS) is 18.4. The van der Waals surface area contributed by atoms with Gasteiger partial charge in [-0.25, -0.2) is 13.6 Å². The Labute approximate surface area is 199 Å². The average molecular weight is 497 g/mol. The van der Waals surface area contributed by atoms with Crippen LogP contribution in [0.5, 0.6) is 0 Å². The van der Waals surface area contributed by atoms with Gasteiger partial charge in [0.05, 0.1) is 12.5 Å². The molecule has 1 aromatic carbocycles. The van der Waals surface area contributed by atoms with Gasteiger partial charge in [0.1, 0.15) is 17.2 Å². The second-order valence-corrected chi connectivity index (χ2v) is 9.67. The van der Waals surface area contributed by atoms with Crippen molar-refractivity contribution >= 4 is 29.3 Å². The zero-order chi connectivity index (χ0) is 25.0. The number of ether oxygens (including phenoxy) is 2. The van der Waals surface area contributed by atoms with Crippen LogP contribution < -0.4 is 5.32 Å². The molecule has 2 atom stereocenters. The van der Waals surface area contributed by atoms with Crippen molar-refractivity contribution in [2.75, 3.05) is 19.7 Å². The summed E-state index contributed by atoms with van der Waals surface area (Å²) < 4.78 is 37.7. The second-order valence-electron chi connectivity index (χ2n) is 8.69. The Morgan fingerprint density at radius 3 is 2.62 bits per heavy atom. The van der Waals surface area contributed by atoms with E-state index in [9.17, 15) is 23.2 Å². The van der Waals surface area contributed by atoms with Gasteiger partial charge < -0.3 is 19.7 Å². The fourth-order valence-corrected chi connectivity index (χ4v) is 4.20. The van der Waals surface area contributed by atoms with Crippen LogP contribution >= 0.6 is 11.3 Å². The summed E-state index contributed by atoms with van der Waals surface area (Å²) in [5.74, 6) is -3.51. The number of likely N-dealkylation sites (tertiary alicyclic amines) is 1. The van der Waals surface area contributed by atoms with Gasteiger partial charge in [0, 0.05) is 30.8 Å². The summed E-state index contributed by atoms with van der Waals surface area (Å²) in [6.07, 6.45) is -0.270. The zero-order valence-electron chi connectivity index (χ0n) is 19.3. The van der Waals surface area contributed by atoms with Crippen LogP contribution in [0, 0.1) is 17.6 Å². The van der Waals surface area contributed by atoms with Crippen LogP contribution in [0.2, 0.25) is 0 Å². The molecular weight excluding hydrogens is 470 g/mol. The van der Waals surface area contributed by atoms with Crippen molar-refractivity contribution in [3.05, 3.63) is 34.8 Å². The van der Waals surface area contributed by atoms with Crippen molar-refractivity contribution in [1.82, 2.24) is 20.4 Å². The smallest absolute Gasteiger partial charge is 0.410 e. The van der Waals surface area contributed by atoms with E-state index in [2.05, 4.69) is 15.5 Å². The molecule has 0 unspecified atom stereocenters. The molecule has 1 saturated heterocycles. The molecule has 2 heterocycles. The number of carbonyl (C=O) groups is 3. The molecule has 0 bridgehead atoms. The predicted octanol–water partition coefficient (Wildman–Crippen LogP) is 3.40. The number of nitrogens with zero attached hydrogens (tertiary/aromatic N) is 3. The lowest BCUT2D eigenvalue weighted by molar-refractivity contribution is -0.150. The summed E-state index contributed by atoms with van der Waals surface area (Å²) >= 11 is 0.837. The molecule has 0 aliphatic carbocycles. The van der Waals surface area contributed by atoms with Gasteiger partial charge in [-0.15, -0.1) is 10.2 Å². The Bertz CT molecular complexity index is 1070. The molecule has 3 rings (SSSR count). The molecule has 9 nitrogen and oxygen atoms in total. The highest BCUT2D eigenvalue weighted by Crippen LogP contribution is 2.27. The van der Waals surface area contributed by atoms with Crippen LogP contribution in [0.4, 0.5) is 13.6 Å². The summed E-state index contributed by atoms with van der Waals surface area (Å²) in [5, 5.41) is 10.5. The molecule has 1 N–H and O–H groups in total. The van der Waals surface area contributed by atoms with Crippen molar-refractivity contribution < 1.29 is 32.6 Å². The fourth-order valence-electron chi connectivity index (χ4n) is 3.42. The number of amides is 2. The Balaban J connectivity index is 1.73. The van der Waals surface area contributed by atoms with Gasteiger partial charge in [0.15, 0.2) is 5.01 Å². The minimum Gasteiger partial charge on any atom is -0.466 e. The first-order chi connectivity index (χ1) is 16.0. The van der Waals surface area contributed by atoms with Gasteiger partial charge >= 0.3 is 12.1 Å². The van der Waals surface area contributed by atoms with Crippen LogP contribution in [0.25, 0.3) is 10.6 Å². The van der Waals surface area contributed by atoms with E-state index in [-0.39, 0.29) is 41.7 Å². The topological polar surface area (TPSA) is 111 Å². The lowest BCUT2D eigenvalue weighted by atomic mass is 9.92. The Morgan fingerprint density at radius 1 is 1.24 bits per heavy atom. The van der Waals surface area contributed by atoms with E-state index < -0.39 is 47.2 Å². The summed E-state index contributed by atoms with van der Waals surface area (Å²) in [7, 11) is 0. The molecular formula is C22H26F2N4O5S. The van der Waals surface area contributed by atoms with Crippen LogP contribution in [-0.2, 0) is 14.3 Å². The molecule has 184 valence electrons. The number of carbonyl (C=O) groups excluding carboxylic acids is 3. The molecule has 2 amide bonds. The number of halogens is 2.